The van der Waals surface area contributed by atoms with Gasteiger partial charge in [0.15, 0.2) is 0 Å². The molecule has 9 nitrogen and oxygen atoms in total. The van der Waals surface area contributed by atoms with Gasteiger partial charge in [0.2, 0.25) is 11.8 Å². The number of nitrogens with zero attached hydrogens (tertiary/aromatic N) is 3. The average Bonchev–Trinajstić information content (AvgIpc) is 3.07. The molecule has 3 rings (SSSR count). The van der Waals surface area contributed by atoms with Crippen LogP contribution in [0.2, 0.25) is 0 Å². The molecule has 164 valence electrons. The van der Waals surface area contributed by atoms with Crippen molar-refractivity contribution in [3.05, 3.63) is 0 Å². The molecule has 9 heteroatoms. The van der Waals surface area contributed by atoms with Crippen LogP contribution < -0.4 is 11.2 Å². The first-order valence-corrected chi connectivity index (χ1v) is 10.7. The highest BCUT2D eigenvalue weighted by molar-refractivity contribution is 5.76. The van der Waals surface area contributed by atoms with Gasteiger partial charge in [-0.05, 0) is 51.9 Å². The lowest BCUT2D eigenvalue weighted by Gasteiger charge is -2.54. The predicted octanol–water partition coefficient (Wildman–Crippen LogP) is 0.543. The fourth-order valence-corrected chi connectivity index (χ4v) is 5.39. The van der Waals surface area contributed by atoms with Crippen LogP contribution in [-0.4, -0.2) is 83.1 Å². The van der Waals surface area contributed by atoms with Crippen LogP contribution in [0, 0.1) is 11.8 Å². The lowest BCUT2D eigenvalue weighted by Crippen LogP contribution is -2.67. The van der Waals surface area contributed by atoms with Gasteiger partial charge in [-0.2, -0.15) is 0 Å². The zero-order chi connectivity index (χ0) is 21.3. The van der Waals surface area contributed by atoms with E-state index in [2.05, 4.69) is 5.43 Å². The minimum Gasteiger partial charge on any atom is -0.447 e. The summed E-state index contributed by atoms with van der Waals surface area (Å²) in [4.78, 5) is 40.2. The number of hydrogen-bond donors (Lipinski definition) is 2. The number of nitrogens with two attached hydrogens (primary N) is 1. The van der Waals surface area contributed by atoms with Crippen LogP contribution in [0.5, 0.6) is 0 Å². The molecule has 1 aliphatic carbocycles. The Bertz CT molecular complexity index is 642. The topological polar surface area (TPSA) is 108 Å². The number of hydrogen-bond acceptors (Lipinski definition) is 6. The molecular formula is C20H35N5O4. The number of ether oxygens (including phenoxy) is 1. The molecule has 5 atom stereocenters. The zero-order valence-corrected chi connectivity index (χ0v) is 18.0. The van der Waals surface area contributed by atoms with Gasteiger partial charge in [0.25, 0.3) is 0 Å². The van der Waals surface area contributed by atoms with Crippen molar-refractivity contribution in [3.8, 4) is 0 Å². The van der Waals surface area contributed by atoms with Gasteiger partial charge >= 0.3 is 6.09 Å². The Morgan fingerprint density at radius 2 is 1.86 bits per heavy atom. The summed E-state index contributed by atoms with van der Waals surface area (Å²) in [5.74, 6) is 0.530. The molecule has 29 heavy (non-hydrogen) atoms. The third kappa shape index (κ3) is 4.83. The van der Waals surface area contributed by atoms with Crippen molar-refractivity contribution in [1.29, 1.82) is 0 Å². The fraction of sp³-hybridized carbons (Fsp3) is 0.850. The van der Waals surface area contributed by atoms with Gasteiger partial charge in [-0.15, -0.1) is 0 Å². The second-order valence-electron chi connectivity index (χ2n) is 9.04. The highest BCUT2D eigenvalue weighted by Crippen LogP contribution is 2.39. The van der Waals surface area contributed by atoms with Crippen LogP contribution in [0.3, 0.4) is 0 Å². The lowest BCUT2D eigenvalue weighted by molar-refractivity contribution is -0.142. The van der Waals surface area contributed by atoms with Crippen LogP contribution >= 0.6 is 0 Å². The minimum atomic E-state index is -0.345. The van der Waals surface area contributed by atoms with Crippen molar-refractivity contribution in [1.82, 2.24) is 20.2 Å². The first-order valence-electron chi connectivity index (χ1n) is 10.7. The predicted molar refractivity (Wildman–Crippen MR) is 107 cm³/mol. The number of fused-ring (bicyclic) bond motifs is 1. The van der Waals surface area contributed by atoms with E-state index in [9.17, 15) is 14.4 Å². The van der Waals surface area contributed by atoms with Crippen LogP contribution in [0.4, 0.5) is 4.79 Å². The largest absolute Gasteiger partial charge is 0.447 e. The summed E-state index contributed by atoms with van der Waals surface area (Å²) in [5, 5.41) is 1.88. The zero-order valence-electron chi connectivity index (χ0n) is 18.0. The molecule has 0 aromatic heterocycles. The molecule has 0 spiro atoms. The van der Waals surface area contributed by atoms with Crippen molar-refractivity contribution in [2.45, 2.75) is 71.2 Å². The van der Waals surface area contributed by atoms with Gasteiger partial charge < -0.3 is 20.3 Å². The average molecular weight is 410 g/mol. The van der Waals surface area contributed by atoms with Gasteiger partial charge in [0.1, 0.15) is 0 Å². The SMILES string of the molecule is CC(=O)N1C2CCC(C3CNN(CC(N)=O)C3)CC2N(C(=O)OC(C)C)C[C@@H]1C. The molecule has 0 aromatic carbocycles. The van der Waals surface area contributed by atoms with E-state index in [1.54, 1.807) is 6.92 Å². The van der Waals surface area contributed by atoms with Crippen molar-refractivity contribution in [2.75, 3.05) is 26.2 Å². The van der Waals surface area contributed by atoms with Crippen molar-refractivity contribution >= 4 is 17.9 Å². The second kappa shape index (κ2) is 8.87. The summed E-state index contributed by atoms with van der Waals surface area (Å²) in [6.45, 7) is 9.60. The summed E-state index contributed by atoms with van der Waals surface area (Å²) in [5.41, 5.74) is 8.58. The molecule has 2 aliphatic heterocycles. The summed E-state index contributed by atoms with van der Waals surface area (Å²) in [6.07, 6.45) is 2.25. The first kappa shape index (κ1) is 21.8. The normalized spacial score (nSPS) is 32.9. The van der Waals surface area contributed by atoms with E-state index in [0.717, 1.165) is 32.4 Å². The van der Waals surface area contributed by atoms with Crippen LogP contribution in [-0.2, 0) is 14.3 Å². The van der Waals surface area contributed by atoms with Crippen molar-refractivity contribution in [2.24, 2.45) is 17.6 Å². The molecule has 3 fully saturated rings. The summed E-state index contributed by atoms with van der Waals surface area (Å²) in [6, 6.07) is -0.0298. The highest BCUT2D eigenvalue weighted by atomic mass is 16.6. The Kier molecular flexibility index (Phi) is 6.68. The third-order valence-corrected chi connectivity index (χ3v) is 6.50. The smallest absolute Gasteiger partial charge is 0.410 e. The first-order chi connectivity index (χ1) is 13.7. The molecule has 4 unspecified atom stereocenters. The maximum Gasteiger partial charge on any atom is 0.410 e. The standard InChI is InChI=1S/C20H35N5O4/c1-12(2)29-20(28)24-9-13(3)25(14(4)26)17-6-5-15(7-18(17)24)16-8-22-23(10-16)11-19(21)27/h12-13,15-18,22H,5-11H2,1-4H3,(H2,21,27)/t13-,15?,16?,17?,18?/m0/s1. The van der Waals surface area contributed by atoms with E-state index < -0.39 is 0 Å². The number of primary amides is 1. The molecular weight excluding hydrogens is 374 g/mol. The highest BCUT2D eigenvalue weighted by Gasteiger charge is 2.48. The molecule has 0 bridgehead atoms. The number of rotatable bonds is 4. The summed E-state index contributed by atoms with van der Waals surface area (Å²) < 4.78 is 5.52. The molecule has 3 N–H and O–H groups in total. The van der Waals surface area contributed by atoms with E-state index in [1.807, 2.05) is 35.6 Å². The molecule has 2 heterocycles. The number of piperazine rings is 1. The van der Waals surface area contributed by atoms with Crippen LogP contribution in [0.15, 0.2) is 0 Å². The van der Waals surface area contributed by atoms with E-state index in [0.29, 0.717) is 18.4 Å². The molecule has 2 saturated heterocycles. The Balaban J connectivity index is 1.74. The van der Waals surface area contributed by atoms with Crippen molar-refractivity contribution in [3.63, 3.8) is 0 Å². The molecule has 3 aliphatic rings. The van der Waals surface area contributed by atoms with Crippen LogP contribution in [0.25, 0.3) is 0 Å². The van der Waals surface area contributed by atoms with Gasteiger partial charge in [0, 0.05) is 32.6 Å². The fourth-order valence-electron chi connectivity index (χ4n) is 5.39. The van der Waals surface area contributed by atoms with E-state index in [1.165, 1.54) is 0 Å². The third-order valence-electron chi connectivity index (χ3n) is 6.50. The summed E-state index contributed by atoms with van der Waals surface area (Å²) in [7, 11) is 0. The quantitative estimate of drug-likeness (QED) is 0.702. The molecule has 3 amide bonds. The van der Waals surface area contributed by atoms with E-state index >= 15 is 0 Å². The molecule has 1 saturated carbocycles. The number of carbonyl (C=O) groups is 3. The number of amides is 3. The van der Waals surface area contributed by atoms with Crippen LogP contribution in [0.1, 0.15) is 47.0 Å². The second-order valence-corrected chi connectivity index (χ2v) is 9.04. The van der Waals surface area contributed by atoms with Gasteiger partial charge in [0.05, 0.1) is 24.7 Å². The molecule has 0 aromatic rings. The van der Waals surface area contributed by atoms with Gasteiger partial charge in [-0.3, -0.25) is 15.0 Å². The molecule has 0 radical (unpaired) electrons. The Morgan fingerprint density at radius 1 is 1.14 bits per heavy atom. The monoisotopic (exact) mass is 409 g/mol. The Morgan fingerprint density at radius 3 is 2.48 bits per heavy atom. The maximum absolute atomic E-state index is 12.8. The summed E-state index contributed by atoms with van der Waals surface area (Å²) >= 11 is 0. The number of carbonyl (C=O) groups excluding carboxylic acids is 3. The van der Waals surface area contributed by atoms with Gasteiger partial charge in [-0.25, -0.2) is 9.80 Å². The van der Waals surface area contributed by atoms with Crippen molar-refractivity contribution < 1.29 is 19.1 Å². The van der Waals surface area contributed by atoms with E-state index in [4.69, 9.17) is 10.5 Å². The van der Waals surface area contributed by atoms with Gasteiger partial charge in [-0.1, -0.05) is 0 Å². The lowest BCUT2D eigenvalue weighted by atomic mass is 9.73. The number of nitrogens with one attached hydrogen (secondary N) is 1. The maximum atomic E-state index is 12.8. The number of hydrazine groups is 1. The Labute approximate surface area is 172 Å². The van der Waals surface area contributed by atoms with E-state index in [-0.39, 0.29) is 48.7 Å². The minimum absolute atomic E-state index is 0.0239. The Hall–Kier alpha value is -1.87.